The standard InChI is InChI=1S/C14H21N3O2/c1-10-12(14(18)19-2)6-7-13(16-10)17-11-5-3-4-8-15-9-11/h6-7,11,15H,3-5,8-9H2,1-2H3,(H,16,17). The van der Waals surface area contributed by atoms with Gasteiger partial charge in [0.1, 0.15) is 5.82 Å². The number of aromatic nitrogens is 1. The maximum atomic E-state index is 11.5. The predicted octanol–water partition coefficient (Wildman–Crippen LogP) is 1.73. The number of carbonyl (C=O) groups excluding carboxylic acids is 1. The van der Waals surface area contributed by atoms with E-state index in [1.165, 1.54) is 20.0 Å². The molecule has 0 spiro atoms. The van der Waals surface area contributed by atoms with Gasteiger partial charge in [-0.05, 0) is 38.4 Å². The van der Waals surface area contributed by atoms with Crippen LogP contribution in [0, 0.1) is 6.92 Å². The number of pyridine rings is 1. The van der Waals surface area contributed by atoms with Crippen LogP contribution < -0.4 is 10.6 Å². The molecule has 1 fully saturated rings. The first-order valence-electron chi connectivity index (χ1n) is 6.74. The number of esters is 1. The first kappa shape index (κ1) is 13.8. The van der Waals surface area contributed by atoms with Crippen molar-refractivity contribution in [1.82, 2.24) is 10.3 Å². The molecule has 5 heteroatoms. The molecule has 0 saturated carbocycles. The van der Waals surface area contributed by atoms with Crippen molar-refractivity contribution in [3.05, 3.63) is 23.4 Å². The number of nitrogens with zero attached hydrogens (tertiary/aromatic N) is 1. The summed E-state index contributed by atoms with van der Waals surface area (Å²) in [7, 11) is 1.38. The highest BCUT2D eigenvalue weighted by atomic mass is 16.5. The van der Waals surface area contributed by atoms with Crippen LogP contribution >= 0.6 is 0 Å². The summed E-state index contributed by atoms with van der Waals surface area (Å²) >= 11 is 0. The van der Waals surface area contributed by atoms with Gasteiger partial charge in [-0.15, -0.1) is 0 Å². The lowest BCUT2D eigenvalue weighted by Crippen LogP contribution is -2.31. The Hall–Kier alpha value is -1.62. The van der Waals surface area contributed by atoms with Crippen molar-refractivity contribution in [2.24, 2.45) is 0 Å². The number of methoxy groups -OCH3 is 1. The monoisotopic (exact) mass is 263 g/mol. The Morgan fingerprint density at radius 2 is 2.32 bits per heavy atom. The molecule has 2 heterocycles. The van der Waals surface area contributed by atoms with Crippen LogP contribution in [0.25, 0.3) is 0 Å². The van der Waals surface area contributed by atoms with Crippen molar-refractivity contribution in [2.45, 2.75) is 32.2 Å². The highest BCUT2D eigenvalue weighted by molar-refractivity contribution is 5.90. The Labute approximate surface area is 113 Å². The zero-order valence-electron chi connectivity index (χ0n) is 11.5. The largest absolute Gasteiger partial charge is 0.465 e. The van der Waals surface area contributed by atoms with Gasteiger partial charge in [0, 0.05) is 12.6 Å². The minimum absolute atomic E-state index is 0.340. The molecular weight excluding hydrogens is 242 g/mol. The lowest BCUT2D eigenvalue weighted by Gasteiger charge is -2.17. The van der Waals surface area contributed by atoms with Gasteiger partial charge in [-0.3, -0.25) is 0 Å². The molecule has 1 aromatic rings. The van der Waals surface area contributed by atoms with E-state index in [0.29, 0.717) is 17.3 Å². The highest BCUT2D eigenvalue weighted by Gasteiger charge is 2.14. The van der Waals surface area contributed by atoms with Crippen LogP contribution in [-0.4, -0.2) is 37.2 Å². The molecule has 2 N–H and O–H groups in total. The molecule has 1 atom stereocenters. The summed E-state index contributed by atoms with van der Waals surface area (Å²) < 4.78 is 4.71. The van der Waals surface area contributed by atoms with Crippen molar-refractivity contribution in [3.63, 3.8) is 0 Å². The van der Waals surface area contributed by atoms with Gasteiger partial charge in [-0.25, -0.2) is 9.78 Å². The summed E-state index contributed by atoms with van der Waals surface area (Å²) in [6.07, 6.45) is 3.60. The number of anilines is 1. The van der Waals surface area contributed by atoms with E-state index in [0.717, 1.165) is 25.3 Å². The molecule has 0 amide bonds. The molecule has 1 saturated heterocycles. The minimum Gasteiger partial charge on any atom is -0.465 e. The molecule has 0 aliphatic carbocycles. The van der Waals surface area contributed by atoms with E-state index >= 15 is 0 Å². The summed E-state index contributed by atoms with van der Waals surface area (Å²) in [6.45, 7) is 3.87. The lowest BCUT2D eigenvalue weighted by molar-refractivity contribution is 0.0599. The van der Waals surface area contributed by atoms with Crippen molar-refractivity contribution in [3.8, 4) is 0 Å². The Morgan fingerprint density at radius 3 is 3.05 bits per heavy atom. The number of carbonyl (C=O) groups is 1. The van der Waals surface area contributed by atoms with E-state index < -0.39 is 0 Å². The maximum absolute atomic E-state index is 11.5. The third kappa shape index (κ3) is 3.67. The third-order valence-electron chi connectivity index (χ3n) is 3.39. The number of ether oxygens (including phenoxy) is 1. The average Bonchev–Trinajstić information content (AvgIpc) is 2.67. The molecule has 0 radical (unpaired) electrons. The molecule has 5 nitrogen and oxygen atoms in total. The van der Waals surface area contributed by atoms with E-state index in [9.17, 15) is 4.79 Å². The van der Waals surface area contributed by atoms with Gasteiger partial charge < -0.3 is 15.4 Å². The van der Waals surface area contributed by atoms with E-state index in [4.69, 9.17) is 4.74 Å². The van der Waals surface area contributed by atoms with Crippen molar-refractivity contribution in [2.75, 3.05) is 25.5 Å². The molecule has 104 valence electrons. The van der Waals surface area contributed by atoms with Crippen LogP contribution in [0.15, 0.2) is 12.1 Å². The minimum atomic E-state index is -0.340. The number of nitrogens with one attached hydrogen (secondary N) is 2. The van der Waals surface area contributed by atoms with Crippen LogP contribution in [0.2, 0.25) is 0 Å². The van der Waals surface area contributed by atoms with Gasteiger partial charge >= 0.3 is 5.97 Å². The second-order valence-corrected chi connectivity index (χ2v) is 4.86. The Morgan fingerprint density at radius 1 is 1.47 bits per heavy atom. The molecule has 1 unspecified atom stereocenters. The molecule has 0 aromatic carbocycles. The fourth-order valence-corrected chi connectivity index (χ4v) is 2.32. The first-order valence-corrected chi connectivity index (χ1v) is 6.74. The van der Waals surface area contributed by atoms with Gasteiger partial charge in [0.25, 0.3) is 0 Å². The smallest absolute Gasteiger partial charge is 0.339 e. The van der Waals surface area contributed by atoms with Gasteiger partial charge in [0.15, 0.2) is 0 Å². The SMILES string of the molecule is COC(=O)c1ccc(NC2CCCCNC2)nc1C. The second kappa shape index (κ2) is 6.52. The molecule has 19 heavy (non-hydrogen) atoms. The molecule has 1 aliphatic rings. The molecular formula is C14H21N3O2. The van der Waals surface area contributed by atoms with Gasteiger partial charge in [0.2, 0.25) is 0 Å². The maximum Gasteiger partial charge on any atom is 0.339 e. The molecule has 1 aromatic heterocycles. The predicted molar refractivity (Wildman–Crippen MR) is 74.4 cm³/mol. The van der Waals surface area contributed by atoms with Crippen molar-refractivity contribution in [1.29, 1.82) is 0 Å². The van der Waals surface area contributed by atoms with Crippen LogP contribution in [0.1, 0.15) is 35.3 Å². The average molecular weight is 263 g/mol. The molecule has 0 bridgehead atoms. The molecule has 2 rings (SSSR count). The highest BCUT2D eigenvalue weighted by Crippen LogP contribution is 2.14. The fourth-order valence-electron chi connectivity index (χ4n) is 2.32. The van der Waals surface area contributed by atoms with E-state index in [1.807, 2.05) is 13.0 Å². The Kier molecular flexibility index (Phi) is 4.74. The van der Waals surface area contributed by atoms with Crippen LogP contribution in [0.4, 0.5) is 5.82 Å². The topological polar surface area (TPSA) is 63.2 Å². The zero-order chi connectivity index (χ0) is 13.7. The second-order valence-electron chi connectivity index (χ2n) is 4.86. The van der Waals surface area contributed by atoms with Crippen LogP contribution in [0.3, 0.4) is 0 Å². The lowest BCUT2D eigenvalue weighted by atomic mass is 10.1. The van der Waals surface area contributed by atoms with E-state index in [-0.39, 0.29) is 5.97 Å². The Bertz CT molecular complexity index is 440. The summed E-state index contributed by atoms with van der Waals surface area (Å²) in [4.78, 5) is 15.9. The van der Waals surface area contributed by atoms with Gasteiger partial charge in [0.05, 0.1) is 18.4 Å². The van der Waals surface area contributed by atoms with Crippen LogP contribution in [-0.2, 0) is 4.74 Å². The number of hydrogen-bond donors (Lipinski definition) is 2. The summed E-state index contributed by atoms with van der Waals surface area (Å²) in [5.41, 5.74) is 1.21. The summed E-state index contributed by atoms with van der Waals surface area (Å²) in [6, 6.07) is 4.00. The number of rotatable bonds is 3. The van der Waals surface area contributed by atoms with E-state index in [2.05, 4.69) is 15.6 Å². The van der Waals surface area contributed by atoms with E-state index in [1.54, 1.807) is 6.07 Å². The number of hydrogen-bond acceptors (Lipinski definition) is 5. The van der Waals surface area contributed by atoms with Crippen LogP contribution in [0.5, 0.6) is 0 Å². The Balaban J connectivity index is 2.04. The van der Waals surface area contributed by atoms with Crippen molar-refractivity contribution < 1.29 is 9.53 Å². The molecule has 1 aliphatic heterocycles. The fraction of sp³-hybridized carbons (Fsp3) is 0.571. The number of aryl methyl sites for hydroxylation is 1. The third-order valence-corrected chi connectivity index (χ3v) is 3.39. The van der Waals surface area contributed by atoms with Crippen molar-refractivity contribution >= 4 is 11.8 Å². The summed E-state index contributed by atoms with van der Waals surface area (Å²) in [5, 5.41) is 6.83. The summed E-state index contributed by atoms with van der Waals surface area (Å²) in [5.74, 6) is 0.478. The van der Waals surface area contributed by atoms with Gasteiger partial charge in [-0.1, -0.05) is 6.42 Å². The van der Waals surface area contributed by atoms with Gasteiger partial charge in [-0.2, -0.15) is 0 Å². The normalized spacial score (nSPS) is 19.6. The first-order chi connectivity index (χ1) is 9.20. The zero-order valence-corrected chi connectivity index (χ0v) is 11.5. The quantitative estimate of drug-likeness (QED) is 0.813.